The van der Waals surface area contributed by atoms with Gasteiger partial charge in [0.25, 0.3) is 5.91 Å². The average molecular weight is 445 g/mol. The monoisotopic (exact) mass is 444 g/mol. The number of hydrogen-bond acceptors (Lipinski definition) is 5. The molecular weight excluding hydrogens is 416 g/mol. The molecule has 2 amide bonds. The Morgan fingerprint density at radius 2 is 1.82 bits per heavy atom. The summed E-state index contributed by atoms with van der Waals surface area (Å²) in [5, 5.41) is 0. The van der Waals surface area contributed by atoms with E-state index in [9.17, 15) is 9.59 Å². The molecule has 33 heavy (non-hydrogen) atoms. The van der Waals surface area contributed by atoms with Crippen molar-refractivity contribution in [2.75, 3.05) is 19.6 Å². The fourth-order valence-corrected chi connectivity index (χ4v) is 5.12. The summed E-state index contributed by atoms with van der Waals surface area (Å²) in [6, 6.07) is 7.60. The largest absolute Gasteiger partial charge is 0.338 e. The summed E-state index contributed by atoms with van der Waals surface area (Å²) in [6.45, 7) is 6.30. The van der Waals surface area contributed by atoms with Crippen LogP contribution in [0.15, 0.2) is 61.6 Å². The third-order valence-corrected chi connectivity index (χ3v) is 7.00. The lowest BCUT2D eigenvalue weighted by Gasteiger charge is -2.28. The van der Waals surface area contributed by atoms with Crippen LogP contribution in [0.25, 0.3) is 0 Å². The van der Waals surface area contributed by atoms with Gasteiger partial charge in [0.05, 0.1) is 17.4 Å². The molecular formula is C25H28N6O2. The first-order valence-corrected chi connectivity index (χ1v) is 11.4. The van der Waals surface area contributed by atoms with Gasteiger partial charge in [-0.3, -0.25) is 19.6 Å². The molecule has 5 rings (SSSR count). The maximum atomic E-state index is 13.9. The fraction of sp³-hybridized carbons (Fsp3) is 0.400. The minimum Gasteiger partial charge on any atom is -0.338 e. The van der Waals surface area contributed by atoms with Crippen LogP contribution in [0.4, 0.5) is 0 Å². The van der Waals surface area contributed by atoms with Crippen molar-refractivity contribution in [2.45, 2.75) is 38.8 Å². The van der Waals surface area contributed by atoms with Gasteiger partial charge < -0.3 is 14.4 Å². The number of aromatic nitrogens is 4. The number of carbonyl (C=O) groups excluding carboxylic acids is 2. The SMILES string of the molecule is CC(C)n1cnc([C@@H]2CN(C(=O)c3ccncc3)C[C@]23CCN(Cc2ccncc2)C3=O)c1. The quantitative estimate of drug-likeness (QED) is 0.604. The summed E-state index contributed by atoms with van der Waals surface area (Å²) in [5.41, 5.74) is 1.87. The number of pyridine rings is 2. The molecule has 8 heteroatoms. The predicted octanol–water partition coefficient (Wildman–Crippen LogP) is 2.91. The van der Waals surface area contributed by atoms with Gasteiger partial charge in [-0.25, -0.2) is 4.98 Å². The lowest BCUT2D eigenvalue weighted by molar-refractivity contribution is -0.136. The van der Waals surface area contributed by atoms with E-state index in [4.69, 9.17) is 0 Å². The van der Waals surface area contributed by atoms with Gasteiger partial charge in [-0.15, -0.1) is 0 Å². The van der Waals surface area contributed by atoms with Crippen molar-refractivity contribution in [1.82, 2.24) is 29.3 Å². The molecule has 0 aromatic carbocycles. The first-order valence-electron chi connectivity index (χ1n) is 11.4. The summed E-state index contributed by atoms with van der Waals surface area (Å²) in [4.78, 5) is 43.7. The van der Waals surface area contributed by atoms with E-state index in [1.54, 1.807) is 36.9 Å². The minimum atomic E-state index is -0.661. The Hall–Kier alpha value is -3.55. The maximum absolute atomic E-state index is 13.9. The van der Waals surface area contributed by atoms with Crippen LogP contribution in [0.2, 0.25) is 0 Å². The second-order valence-corrected chi connectivity index (χ2v) is 9.30. The molecule has 1 spiro atoms. The molecule has 0 saturated carbocycles. The van der Waals surface area contributed by atoms with Crippen LogP contribution in [0, 0.1) is 5.41 Å². The lowest BCUT2D eigenvalue weighted by atomic mass is 9.75. The van der Waals surface area contributed by atoms with E-state index in [-0.39, 0.29) is 23.8 Å². The number of carbonyl (C=O) groups is 2. The third-order valence-electron chi connectivity index (χ3n) is 7.00. The standard InChI is InChI=1S/C25H28N6O2/c1-18(2)31-15-22(28-17-31)21-14-30(23(32)20-5-10-27-11-6-20)16-25(21)7-12-29(24(25)33)13-19-3-8-26-9-4-19/h3-6,8-11,15,17-18,21H,7,12-14,16H2,1-2H3/t21-,25+/m0/s1. The Balaban J connectivity index is 1.47. The Kier molecular flexibility index (Phi) is 5.44. The molecule has 2 atom stereocenters. The zero-order valence-electron chi connectivity index (χ0n) is 19.0. The third kappa shape index (κ3) is 3.79. The Bertz CT molecular complexity index is 1150. The van der Waals surface area contributed by atoms with Gasteiger partial charge in [0.1, 0.15) is 0 Å². The predicted molar refractivity (Wildman–Crippen MR) is 122 cm³/mol. The molecule has 0 aliphatic carbocycles. The Morgan fingerprint density at radius 3 is 2.48 bits per heavy atom. The fourth-order valence-electron chi connectivity index (χ4n) is 5.12. The molecule has 5 heterocycles. The zero-order valence-corrected chi connectivity index (χ0v) is 19.0. The Morgan fingerprint density at radius 1 is 1.12 bits per heavy atom. The number of amides is 2. The van der Waals surface area contributed by atoms with E-state index in [1.807, 2.05) is 34.5 Å². The molecule has 0 unspecified atom stereocenters. The second-order valence-electron chi connectivity index (χ2n) is 9.30. The molecule has 2 aliphatic heterocycles. The van der Waals surface area contributed by atoms with Crippen molar-refractivity contribution < 1.29 is 9.59 Å². The average Bonchev–Trinajstić information content (AvgIpc) is 3.55. The summed E-state index contributed by atoms with van der Waals surface area (Å²) in [6.07, 6.45) is 11.3. The molecule has 0 radical (unpaired) electrons. The van der Waals surface area contributed by atoms with Crippen LogP contribution in [0.1, 0.15) is 53.8 Å². The molecule has 3 aromatic rings. The topological polar surface area (TPSA) is 84.2 Å². The molecule has 0 bridgehead atoms. The van der Waals surface area contributed by atoms with Crippen molar-refractivity contribution >= 4 is 11.8 Å². The molecule has 8 nitrogen and oxygen atoms in total. The van der Waals surface area contributed by atoms with Gasteiger partial charge in [-0.2, -0.15) is 0 Å². The van der Waals surface area contributed by atoms with Gasteiger partial charge in [0, 0.05) is 74.7 Å². The van der Waals surface area contributed by atoms with Crippen LogP contribution >= 0.6 is 0 Å². The van der Waals surface area contributed by atoms with Gasteiger partial charge in [0.2, 0.25) is 5.91 Å². The summed E-state index contributed by atoms with van der Waals surface area (Å²) in [5.74, 6) is -0.102. The number of imidazole rings is 1. The highest BCUT2D eigenvalue weighted by Gasteiger charge is 2.58. The number of likely N-dealkylation sites (tertiary alicyclic amines) is 2. The first-order chi connectivity index (χ1) is 16.0. The first kappa shape index (κ1) is 21.3. The number of rotatable bonds is 5. The highest BCUT2D eigenvalue weighted by molar-refractivity contribution is 5.96. The summed E-state index contributed by atoms with van der Waals surface area (Å²) < 4.78 is 2.06. The smallest absolute Gasteiger partial charge is 0.254 e. The van der Waals surface area contributed by atoms with Crippen molar-refractivity contribution in [1.29, 1.82) is 0 Å². The van der Waals surface area contributed by atoms with E-state index in [2.05, 4.69) is 33.4 Å². The van der Waals surface area contributed by atoms with Crippen LogP contribution in [-0.2, 0) is 11.3 Å². The highest BCUT2D eigenvalue weighted by atomic mass is 16.2. The van der Waals surface area contributed by atoms with Crippen LogP contribution in [-0.4, -0.2) is 60.8 Å². The van der Waals surface area contributed by atoms with Gasteiger partial charge in [0.15, 0.2) is 0 Å². The maximum Gasteiger partial charge on any atom is 0.254 e. The molecule has 0 N–H and O–H groups in total. The summed E-state index contributed by atoms with van der Waals surface area (Å²) in [7, 11) is 0. The zero-order chi connectivity index (χ0) is 23.0. The molecule has 3 aromatic heterocycles. The molecule has 2 fully saturated rings. The van der Waals surface area contributed by atoms with E-state index in [0.29, 0.717) is 38.2 Å². The minimum absolute atomic E-state index is 0.0667. The van der Waals surface area contributed by atoms with E-state index in [0.717, 1.165) is 11.3 Å². The molecule has 2 saturated heterocycles. The molecule has 2 aliphatic rings. The van der Waals surface area contributed by atoms with E-state index >= 15 is 0 Å². The lowest BCUT2D eigenvalue weighted by Crippen LogP contribution is -2.40. The number of hydrogen-bond donors (Lipinski definition) is 0. The molecule has 170 valence electrons. The van der Waals surface area contributed by atoms with E-state index < -0.39 is 5.41 Å². The second kappa shape index (κ2) is 8.42. The summed E-state index contributed by atoms with van der Waals surface area (Å²) >= 11 is 0. The van der Waals surface area contributed by atoms with Crippen LogP contribution in [0.5, 0.6) is 0 Å². The number of nitrogens with zero attached hydrogens (tertiary/aromatic N) is 6. The van der Waals surface area contributed by atoms with Crippen LogP contribution < -0.4 is 0 Å². The van der Waals surface area contributed by atoms with Crippen molar-refractivity contribution in [3.05, 3.63) is 78.4 Å². The van der Waals surface area contributed by atoms with Crippen molar-refractivity contribution in [2.24, 2.45) is 5.41 Å². The van der Waals surface area contributed by atoms with E-state index in [1.165, 1.54) is 0 Å². The highest BCUT2D eigenvalue weighted by Crippen LogP contribution is 2.50. The van der Waals surface area contributed by atoms with Crippen molar-refractivity contribution in [3.8, 4) is 0 Å². The van der Waals surface area contributed by atoms with Gasteiger partial charge in [-0.1, -0.05) is 0 Å². The van der Waals surface area contributed by atoms with Gasteiger partial charge in [-0.05, 0) is 50.1 Å². The normalized spacial score (nSPS) is 22.6. The van der Waals surface area contributed by atoms with Crippen LogP contribution in [0.3, 0.4) is 0 Å². The Labute approximate surface area is 193 Å². The van der Waals surface area contributed by atoms with Crippen molar-refractivity contribution in [3.63, 3.8) is 0 Å². The van der Waals surface area contributed by atoms with Gasteiger partial charge >= 0.3 is 0 Å².